The lowest BCUT2D eigenvalue weighted by atomic mass is 10.2. The second-order valence-corrected chi connectivity index (χ2v) is 4.36. The van der Waals surface area contributed by atoms with Gasteiger partial charge in [-0.3, -0.25) is 4.79 Å². The van der Waals surface area contributed by atoms with Crippen LogP contribution in [0.5, 0.6) is 0 Å². The van der Waals surface area contributed by atoms with Gasteiger partial charge in [0.05, 0.1) is 0 Å². The molecular weight excluding hydrogens is 242 g/mol. The highest BCUT2D eigenvalue weighted by molar-refractivity contribution is 5.94. The minimum absolute atomic E-state index is 0.115. The SMILES string of the molecule is CCCN(CCC)C(=O)Nc1ccc(C(N)=O)cc1. The third-order valence-electron chi connectivity index (χ3n) is 2.69. The summed E-state index contributed by atoms with van der Waals surface area (Å²) in [4.78, 5) is 24.8. The van der Waals surface area contributed by atoms with Crippen LogP contribution in [0.3, 0.4) is 0 Å². The lowest BCUT2D eigenvalue weighted by Gasteiger charge is -2.21. The first kappa shape index (κ1) is 15.0. The molecule has 0 aromatic heterocycles. The largest absolute Gasteiger partial charge is 0.366 e. The Balaban J connectivity index is 2.66. The van der Waals surface area contributed by atoms with Gasteiger partial charge in [0.1, 0.15) is 0 Å². The van der Waals surface area contributed by atoms with Crippen LogP contribution in [0.4, 0.5) is 10.5 Å². The molecule has 0 bridgehead atoms. The monoisotopic (exact) mass is 263 g/mol. The number of nitrogens with one attached hydrogen (secondary N) is 1. The maximum Gasteiger partial charge on any atom is 0.321 e. The molecule has 0 heterocycles. The smallest absolute Gasteiger partial charge is 0.321 e. The Labute approximate surface area is 113 Å². The topological polar surface area (TPSA) is 75.4 Å². The molecule has 1 rings (SSSR count). The average molecular weight is 263 g/mol. The van der Waals surface area contributed by atoms with Crippen LogP contribution in [0.25, 0.3) is 0 Å². The van der Waals surface area contributed by atoms with Gasteiger partial charge in [0, 0.05) is 24.3 Å². The van der Waals surface area contributed by atoms with Crippen molar-refractivity contribution in [3.8, 4) is 0 Å². The van der Waals surface area contributed by atoms with Crippen LogP contribution in [0.2, 0.25) is 0 Å². The van der Waals surface area contributed by atoms with Gasteiger partial charge in [-0.15, -0.1) is 0 Å². The van der Waals surface area contributed by atoms with Gasteiger partial charge in [-0.2, -0.15) is 0 Å². The van der Waals surface area contributed by atoms with E-state index in [2.05, 4.69) is 5.32 Å². The van der Waals surface area contributed by atoms with Gasteiger partial charge in [0.15, 0.2) is 0 Å². The van der Waals surface area contributed by atoms with E-state index in [9.17, 15) is 9.59 Å². The van der Waals surface area contributed by atoms with Gasteiger partial charge in [-0.1, -0.05) is 13.8 Å². The highest BCUT2D eigenvalue weighted by Crippen LogP contribution is 2.10. The summed E-state index contributed by atoms with van der Waals surface area (Å²) in [6, 6.07) is 6.43. The van der Waals surface area contributed by atoms with E-state index in [4.69, 9.17) is 5.73 Å². The molecule has 0 fully saturated rings. The number of nitrogens with zero attached hydrogens (tertiary/aromatic N) is 1. The summed E-state index contributed by atoms with van der Waals surface area (Å²) in [5.41, 5.74) is 6.25. The number of benzene rings is 1. The second kappa shape index (κ2) is 7.41. The maximum absolute atomic E-state index is 12.0. The first-order chi connectivity index (χ1) is 9.08. The second-order valence-electron chi connectivity index (χ2n) is 4.36. The number of carbonyl (C=O) groups excluding carboxylic acids is 2. The van der Waals surface area contributed by atoms with E-state index in [0.29, 0.717) is 11.3 Å². The predicted octanol–water partition coefficient (Wildman–Crippen LogP) is 2.44. The average Bonchev–Trinajstić information content (AvgIpc) is 2.39. The van der Waals surface area contributed by atoms with Gasteiger partial charge in [-0.25, -0.2) is 4.79 Å². The number of rotatable bonds is 6. The van der Waals surface area contributed by atoms with Crippen molar-refractivity contribution in [2.45, 2.75) is 26.7 Å². The van der Waals surface area contributed by atoms with Crippen LogP contribution in [0.15, 0.2) is 24.3 Å². The zero-order chi connectivity index (χ0) is 14.3. The maximum atomic E-state index is 12.0. The quantitative estimate of drug-likeness (QED) is 0.827. The van der Waals surface area contributed by atoms with Crippen molar-refractivity contribution in [3.63, 3.8) is 0 Å². The van der Waals surface area contributed by atoms with Crippen molar-refractivity contribution in [1.29, 1.82) is 0 Å². The Morgan fingerprint density at radius 2 is 1.63 bits per heavy atom. The molecule has 0 aliphatic carbocycles. The molecule has 0 unspecified atom stereocenters. The van der Waals surface area contributed by atoms with Crippen molar-refractivity contribution >= 4 is 17.6 Å². The van der Waals surface area contributed by atoms with Crippen molar-refractivity contribution in [2.24, 2.45) is 5.73 Å². The highest BCUT2D eigenvalue weighted by atomic mass is 16.2. The van der Waals surface area contributed by atoms with E-state index >= 15 is 0 Å². The normalized spacial score (nSPS) is 10.0. The van der Waals surface area contributed by atoms with Crippen LogP contribution in [-0.2, 0) is 0 Å². The Kier molecular flexibility index (Phi) is 5.85. The molecule has 5 nitrogen and oxygen atoms in total. The predicted molar refractivity (Wildman–Crippen MR) is 76.1 cm³/mol. The molecule has 0 aliphatic heterocycles. The van der Waals surface area contributed by atoms with Crippen molar-refractivity contribution in [2.75, 3.05) is 18.4 Å². The molecular formula is C14H21N3O2. The van der Waals surface area contributed by atoms with Crippen LogP contribution >= 0.6 is 0 Å². The van der Waals surface area contributed by atoms with E-state index in [1.807, 2.05) is 13.8 Å². The fraction of sp³-hybridized carbons (Fsp3) is 0.429. The molecule has 3 amide bonds. The molecule has 5 heteroatoms. The summed E-state index contributed by atoms with van der Waals surface area (Å²) in [5, 5.41) is 2.81. The molecule has 0 saturated carbocycles. The molecule has 0 spiro atoms. The molecule has 104 valence electrons. The van der Waals surface area contributed by atoms with Gasteiger partial charge in [0.2, 0.25) is 5.91 Å². The van der Waals surface area contributed by atoms with Gasteiger partial charge in [0.25, 0.3) is 0 Å². The highest BCUT2D eigenvalue weighted by Gasteiger charge is 2.11. The summed E-state index contributed by atoms with van der Waals surface area (Å²) in [6.07, 6.45) is 1.85. The zero-order valence-electron chi connectivity index (χ0n) is 11.5. The van der Waals surface area contributed by atoms with Crippen molar-refractivity contribution in [3.05, 3.63) is 29.8 Å². The molecule has 0 saturated heterocycles. The van der Waals surface area contributed by atoms with Crippen LogP contribution < -0.4 is 11.1 Å². The van der Waals surface area contributed by atoms with E-state index in [1.165, 1.54) is 0 Å². The van der Waals surface area contributed by atoms with Gasteiger partial charge < -0.3 is 16.0 Å². The van der Waals surface area contributed by atoms with Crippen LogP contribution in [0, 0.1) is 0 Å². The third-order valence-corrected chi connectivity index (χ3v) is 2.69. The number of hydrogen-bond acceptors (Lipinski definition) is 2. The number of hydrogen-bond donors (Lipinski definition) is 2. The Morgan fingerprint density at radius 1 is 1.11 bits per heavy atom. The van der Waals surface area contributed by atoms with E-state index in [1.54, 1.807) is 29.2 Å². The minimum Gasteiger partial charge on any atom is -0.366 e. The van der Waals surface area contributed by atoms with Crippen LogP contribution in [-0.4, -0.2) is 29.9 Å². The number of primary amides is 1. The number of carbonyl (C=O) groups is 2. The minimum atomic E-state index is -0.475. The fourth-order valence-corrected chi connectivity index (χ4v) is 1.78. The third kappa shape index (κ3) is 4.62. The fourth-order valence-electron chi connectivity index (χ4n) is 1.78. The molecule has 1 aromatic rings. The number of anilines is 1. The van der Waals surface area contributed by atoms with Crippen LogP contribution in [0.1, 0.15) is 37.0 Å². The molecule has 0 atom stereocenters. The summed E-state index contributed by atoms with van der Waals surface area (Å²) in [7, 11) is 0. The van der Waals surface area contributed by atoms with E-state index in [0.717, 1.165) is 25.9 Å². The Morgan fingerprint density at radius 3 is 2.05 bits per heavy atom. The molecule has 0 radical (unpaired) electrons. The number of nitrogens with two attached hydrogens (primary N) is 1. The summed E-state index contributed by atoms with van der Waals surface area (Å²) >= 11 is 0. The summed E-state index contributed by atoms with van der Waals surface area (Å²) in [5.74, 6) is -0.475. The summed E-state index contributed by atoms with van der Waals surface area (Å²) in [6.45, 7) is 5.55. The molecule has 3 N–H and O–H groups in total. The first-order valence-corrected chi connectivity index (χ1v) is 6.54. The van der Waals surface area contributed by atoms with Gasteiger partial charge >= 0.3 is 6.03 Å². The lowest BCUT2D eigenvalue weighted by molar-refractivity contribution is 0.100. The van der Waals surface area contributed by atoms with E-state index in [-0.39, 0.29) is 6.03 Å². The van der Waals surface area contributed by atoms with Gasteiger partial charge in [-0.05, 0) is 37.1 Å². The Bertz CT molecular complexity index is 423. The number of urea groups is 1. The van der Waals surface area contributed by atoms with Crippen molar-refractivity contribution < 1.29 is 9.59 Å². The van der Waals surface area contributed by atoms with Crippen molar-refractivity contribution in [1.82, 2.24) is 4.90 Å². The molecule has 19 heavy (non-hydrogen) atoms. The first-order valence-electron chi connectivity index (χ1n) is 6.54. The Hall–Kier alpha value is -2.04. The number of amides is 3. The zero-order valence-corrected chi connectivity index (χ0v) is 11.5. The molecule has 0 aliphatic rings. The summed E-state index contributed by atoms with van der Waals surface area (Å²) < 4.78 is 0. The molecule has 1 aromatic carbocycles. The standard InChI is InChI=1S/C14H21N3O2/c1-3-9-17(10-4-2)14(19)16-12-7-5-11(6-8-12)13(15)18/h5-8H,3-4,9-10H2,1-2H3,(H2,15,18)(H,16,19). The lowest BCUT2D eigenvalue weighted by Crippen LogP contribution is -2.36. The van der Waals surface area contributed by atoms with E-state index < -0.39 is 5.91 Å².